The molecule has 0 amide bonds. The fourth-order valence-electron chi connectivity index (χ4n) is 1.61. The third-order valence-corrected chi connectivity index (χ3v) is 2.33. The first-order chi connectivity index (χ1) is 5.83. The molecule has 0 aromatic carbocycles. The Morgan fingerprint density at radius 1 is 1.17 bits per heavy atom. The summed E-state index contributed by atoms with van der Waals surface area (Å²) in [6, 6.07) is 0. The van der Waals surface area contributed by atoms with Crippen molar-refractivity contribution in [3.8, 4) is 0 Å². The molecule has 70 valence electrons. The Morgan fingerprint density at radius 2 is 1.75 bits per heavy atom. The smallest absolute Gasteiger partial charge is 0.160 e. The third-order valence-electron chi connectivity index (χ3n) is 2.33. The molecule has 0 radical (unpaired) electrons. The fraction of sp³-hybridized carbons (Fsp3) is 0.889. The quantitative estimate of drug-likeness (QED) is 0.666. The van der Waals surface area contributed by atoms with Crippen LogP contribution in [0.15, 0.2) is 0 Å². The van der Waals surface area contributed by atoms with Crippen LogP contribution in [0.4, 0.5) is 0 Å². The van der Waals surface area contributed by atoms with E-state index in [0.717, 1.165) is 13.1 Å². The van der Waals surface area contributed by atoms with Gasteiger partial charge in [-0.2, -0.15) is 0 Å². The van der Waals surface area contributed by atoms with Crippen molar-refractivity contribution in [2.45, 2.75) is 25.7 Å². The maximum Gasteiger partial charge on any atom is 0.160 e. The molecular weight excluding hydrogens is 152 g/mol. The number of nitrogens with two attached hydrogens (primary N) is 1. The molecule has 0 bridgehead atoms. The zero-order chi connectivity index (χ0) is 8.81. The summed E-state index contributed by atoms with van der Waals surface area (Å²) in [5, 5.41) is 0. The molecule has 1 fully saturated rings. The molecule has 1 rings (SSSR count). The molecule has 0 aromatic heterocycles. The Morgan fingerprint density at radius 3 is 2.25 bits per heavy atom. The van der Waals surface area contributed by atoms with Gasteiger partial charge in [-0.15, -0.1) is 0 Å². The Bertz CT molecular complexity index is 139. The van der Waals surface area contributed by atoms with Gasteiger partial charge < -0.3 is 5.73 Å². The summed E-state index contributed by atoms with van der Waals surface area (Å²) in [4.78, 5) is 13.2. The molecule has 0 spiro atoms. The zero-order valence-corrected chi connectivity index (χ0v) is 7.59. The second kappa shape index (κ2) is 5.27. The van der Waals surface area contributed by atoms with E-state index in [4.69, 9.17) is 5.73 Å². The summed E-state index contributed by atoms with van der Waals surface area (Å²) in [5.74, 6) is 0.164. The summed E-state index contributed by atoms with van der Waals surface area (Å²) in [5.41, 5.74) is 5.25. The Hall–Kier alpha value is -0.410. The highest BCUT2D eigenvalue weighted by Crippen LogP contribution is 2.08. The molecule has 12 heavy (non-hydrogen) atoms. The van der Waals surface area contributed by atoms with E-state index in [9.17, 15) is 4.79 Å². The van der Waals surface area contributed by atoms with E-state index in [-0.39, 0.29) is 12.3 Å². The van der Waals surface area contributed by atoms with Gasteiger partial charge >= 0.3 is 0 Å². The molecule has 0 saturated carbocycles. The van der Waals surface area contributed by atoms with Crippen molar-refractivity contribution < 1.29 is 4.79 Å². The van der Waals surface area contributed by atoms with Gasteiger partial charge in [-0.1, -0.05) is 12.8 Å². The highest BCUT2D eigenvalue weighted by Gasteiger charge is 2.11. The van der Waals surface area contributed by atoms with Crippen molar-refractivity contribution in [3.05, 3.63) is 0 Å². The predicted octanol–water partition coefficient (Wildman–Crippen LogP) is 0.390. The van der Waals surface area contributed by atoms with Crippen LogP contribution < -0.4 is 5.73 Å². The van der Waals surface area contributed by atoms with Crippen molar-refractivity contribution in [3.63, 3.8) is 0 Å². The first-order valence-electron chi connectivity index (χ1n) is 4.77. The molecule has 0 aromatic rings. The van der Waals surface area contributed by atoms with Gasteiger partial charge in [0.05, 0.1) is 13.1 Å². The first kappa shape index (κ1) is 9.68. The molecule has 3 nitrogen and oxygen atoms in total. The average Bonchev–Trinajstić information content (AvgIpc) is 2.33. The van der Waals surface area contributed by atoms with Crippen LogP contribution in [0, 0.1) is 0 Å². The second-order valence-electron chi connectivity index (χ2n) is 3.43. The van der Waals surface area contributed by atoms with E-state index in [2.05, 4.69) is 4.90 Å². The van der Waals surface area contributed by atoms with Crippen LogP contribution in [0.1, 0.15) is 25.7 Å². The number of Topliss-reactive ketones (excluding diaryl/α,β-unsaturated/α-hetero) is 1. The molecular formula is C9H18N2O. The Labute approximate surface area is 73.9 Å². The summed E-state index contributed by atoms with van der Waals surface area (Å²) >= 11 is 0. The number of rotatable bonds is 3. The molecule has 0 atom stereocenters. The first-order valence-corrected chi connectivity index (χ1v) is 4.77. The lowest BCUT2D eigenvalue weighted by atomic mass is 10.2. The van der Waals surface area contributed by atoms with Gasteiger partial charge in [0.1, 0.15) is 0 Å². The average molecular weight is 170 g/mol. The minimum atomic E-state index is 0.164. The largest absolute Gasteiger partial charge is 0.324 e. The molecule has 0 aliphatic carbocycles. The van der Waals surface area contributed by atoms with Crippen LogP contribution >= 0.6 is 0 Å². The normalized spacial score (nSPS) is 20.4. The number of carbonyl (C=O) groups excluding carboxylic acids is 1. The molecule has 1 aliphatic heterocycles. The van der Waals surface area contributed by atoms with Crippen LogP contribution in [-0.4, -0.2) is 36.9 Å². The Balaban J connectivity index is 2.24. The van der Waals surface area contributed by atoms with Gasteiger partial charge in [0.2, 0.25) is 0 Å². The number of likely N-dealkylation sites (tertiary alicyclic amines) is 1. The number of nitrogens with zero attached hydrogens (tertiary/aromatic N) is 1. The molecule has 3 heteroatoms. The SMILES string of the molecule is NCC(=O)CN1CCCCCC1. The van der Waals surface area contributed by atoms with Crippen LogP contribution in [-0.2, 0) is 4.79 Å². The van der Waals surface area contributed by atoms with E-state index in [1.807, 2.05) is 0 Å². The van der Waals surface area contributed by atoms with Crippen LogP contribution in [0.3, 0.4) is 0 Å². The number of hydrogen-bond donors (Lipinski definition) is 1. The van der Waals surface area contributed by atoms with Crippen molar-refractivity contribution in [2.75, 3.05) is 26.2 Å². The highest BCUT2D eigenvalue weighted by molar-refractivity contribution is 5.82. The predicted molar refractivity (Wildman–Crippen MR) is 49.0 cm³/mol. The summed E-state index contributed by atoms with van der Waals surface area (Å²) in [7, 11) is 0. The van der Waals surface area contributed by atoms with Gasteiger partial charge in [-0.3, -0.25) is 9.69 Å². The number of ketones is 1. The third kappa shape index (κ3) is 3.32. The van der Waals surface area contributed by atoms with Crippen LogP contribution in [0.25, 0.3) is 0 Å². The molecule has 0 unspecified atom stereocenters. The van der Waals surface area contributed by atoms with Crippen molar-refractivity contribution in [1.29, 1.82) is 0 Å². The molecule has 1 aliphatic rings. The van der Waals surface area contributed by atoms with Crippen molar-refractivity contribution in [2.24, 2.45) is 5.73 Å². The van der Waals surface area contributed by atoms with E-state index < -0.39 is 0 Å². The molecule has 1 saturated heterocycles. The van der Waals surface area contributed by atoms with Crippen LogP contribution in [0.5, 0.6) is 0 Å². The topological polar surface area (TPSA) is 46.3 Å². The minimum Gasteiger partial charge on any atom is -0.324 e. The van der Waals surface area contributed by atoms with Gasteiger partial charge in [-0.25, -0.2) is 0 Å². The number of carbonyl (C=O) groups is 1. The number of hydrogen-bond acceptors (Lipinski definition) is 3. The van der Waals surface area contributed by atoms with E-state index in [1.165, 1.54) is 25.7 Å². The summed E-state index contributed by atoms with van der Waals surface area (Å²) < 4.78 is 0. The Kier molecular flexibility index (Phi) is 4.25. The summed E-state index contributed by atoms with van der Waals surface area (Å²) in [6.45, 7) is 2.91. The van der Waals surface area contributed by atoms with Crippen LogP contribution in [0.2, 0.25) is 0 Å². The lowest BCUT2D eigenvalue weighted by molar-refractivity contribution is -0.118. The van der Waals surface area contributed by atoms with Crippen molar-refractivity contribution >= 4 is 5.78 Å². The standard InChI is InChI=1S/C9H18N2O/c10-7-9(12)8-11-5-3-1-2-4-6-11/h1-8,10H2. The molecule has 1 heterocycles. The van der Waals surface area contributed by atoms with Gasteiger partial charge in [0, 0.05) is 0 Å². The lowest BCUT2D eigenvalue weighted by Gasteiger charge is -2.17. The monoisotopic (exact) mass is 170 g/mol. The minimum absolute atomic E-state index is 0.164. The van der Waals surface area contributed by atoms with E-state index in [1.54, 1.807) is 0 Å². The molecule has 2 N–H and O–H groups in total. The zero-order valence-electron chi connectivity index (χ0n) is 7.59. The lowest BCUT2D eigenvalue weighted by Crippen LogP contribution is -2.33. The fourth-order valence-corrected chi connectivity index (χ4v) is 1.61. The van der Waals surface area contributed by atoms with Crippen molar-refractivity contribution in [1.82, 2.24) is 4.90 Å². The highest BCUT2D eigenvalue weighted by atomic mass is 16.1. The maximum atomic E-state index is 11.0. The second-order valence-corrected chi connectivity index (χ2v) is 3.43. The van der Waals surface area contributed by atoms with E-state index in [0.29, 0.717) is 6.54 Å². The maximum absolute atomic E-state index is 11.0. The van der Waals surface area contributed by atoms with Gasteiger partial charge in [0.15, 0.2) is 5.78 Å². The van der Waals surface area contributed by atoms with Gasteiger partial charge in [0.25, 0.3) is 0 Å². The van der Waals surface area contributed by atoms with E-state index >= 15 is 0 Å². The van der Waals surface area contributed by atoms with Gasteiger partial charge in [-0.05, 0) is 25.9 Å². The summed E-state index contributed by atoms with van der Waals surface area (Å²) in [6.07, 6.45) is 5.09.